The molecule has 152 valence electrons. The SMILES string of the molecule is CC[C@H](C)c1ccc2oc(-c3ccc(Cl)c(NC(=O)c4ccc(Cl)cc4)c3)nc2c1. The molecule has 1 atom stereocenters. The van der Waals surface area contributed by atoms with Crippen LogP contribution in [0.5, 0.6) is 0 Å². The van der Waals surface area contributed by atoms with Crippen LogP contribution in [0.25, 0.3) is 22.6 Å². The van der Waals surface area contributed by atoms with Gasteiger partial charge in [-0.05, 0) is 72.5 Å². The molecule has 0 unspecified atom stereocenters. The van der Waals surface area contributed by atoms with E-state index in [9.17, 15) is 4.79 Å². The zero-order valence-corrected chi connectivity index (χ0v) is 18.1. The number of hydrogen-bond donors (Lipinski definition) is 1. The zero-order valence-electron chi connectivity index (χ0n) is 16.6. The molecule has 0 saturated carbocycles. The molecule has 1 N–H and O–H groups in total. The predicted molar refractivity (Wildman–Crippen MR) is 123 cm³/mol. The molecule has 0 radical (unpaired) electrons. The summed E-state index contributed by atoms with van der Waals surface area (Å²) < 4.78 is 5.94. The van der Waals surface area contributed by atoms with Crippen LogP contribution in [-0.4, -0.2) is 10.9 Å². The van der Waals surface area contributed by atoms with E-state index in [-0.39, 0.29) is 5.91 Å². The summed E-state index contributed by atoms with van der Waals surface area (Å²) in [5, 5.41) is 3.83. The van der Waals surface area contributed by atoms with Gasteiger partial charge in [0.1, 0.15) is 5.52 Å². The van der Waals surface area contributed by atoms with Crippen LogP contribution in [0.15, 0.2) is 65.1 Å². The summed E-state index contributed by atoms with van der Waals surface area (Å²) in [6, 6.07) is 18.0. The van der Waals surface area contributed by atoms with E-state index < -0.39 is 0 Å². The number of halogens is 2. The number of rotatable bonds is 5. The molecule has 1 amide bonds. The van der Waals surface area contributed by atoms with Crippen molar-refractivity contribution in [3.8, 4) is 11.5 Å². The minimum absolute atomic E-state index is 0.276. The number of aromatic nitrogens is 1. The van der Waals surface area contributed by atoms with Crippen molar-refractivity contribution in [1.29, 1.82) is 0 Å². The molecule has 1 aromatic heterocycles. The van der Waals surface area contributed by atoms with Gasteiger partial charge in [-0.2, -0.15) is 0 Å². The zero-order chi connectivity index (χ0) is 21.3. The lowest BCUT2D eigenvalue weighted by Gasteiger charge is -2.08. The van der Waals surface area contributed by atoms with E-state index in [2.05, 4.69) is 36.3 Å². The Hall–Kier alpha value is -2.82. The van der Waals surface area contributed by atoms with Gasteiger partial charge < -0.3 is 9.73 Å². The summed E-state index contributed by atoms with van der Waals surface area (Å²) in [6.07, 6.45) is 1.06. The Kier molecular flexibility index (Phi) is 5.80. The third-order valence-electron chi connectivity index (χ3n) is 5.16. The fraction of sp³-hybridized carbons (Fsp3) is 0.167. The minimum Gasteiger partial charge on any atom is -0.436 e. The molecule has 0 spiro atoms. The number of hydrogen-bond acceptors (Lipinski definition) is 3. The van der Waals surface area contributed by atoms with Crippen LogP contribution in [0.3, 0.4) is 0 Å². The van der Waals surface area contributed by atoms with Crippen LogP contribution >= 0.6 is 23.2 Å². The van der Waals surface area contributed by atoms with E-state index >= 15 is 0 Å². The number of amides is 1. The van der Waals surface area contributed by atoms with Gasteiger partial charge in [0.25, 0.3) is 5.91 Å². The molecule has 30 heavy (non-hydrogen) atoms. The van der Waals surface area contributed by atoms with E-state index in [0.717, 1.165) is 23.1 Å². The highest BCUT2D eigenvalue weighted by Crippen LogP contribution is 2.32. The van der Waals surface area contributed by atoms with Gasteiger partial charge in [-0.3, -0.25) is 4.79 Å². The first-order valence-corrected chi connectivity index (χ1v) is 10.5. The highest BCUT2D eigenvalue weighted by atomic mass is 35.5. The van der Waals surface area contributed by atoms with E-state index in [1.54, 1.807) is 36.4 Å². The number of nitrogens with one attached hydrogen (secondary N) is 1. The molecule has 0 bridgehead atoms. The highest BCUT2D eigenvalue weighted by Gasteiger charge is 2.14. The van der Waals surface area contributed by atoms with Crippen molar-refractivity contribution in [2.45, 2.75) is 26.2 Å². The van der Waals surface area contributed by atoms with Crippen LogP contribution < -0.4 is 5.32 Å². The van der Waals surface area contributed by atoms with Gasteiger partial charge in [0.15, 0.2) is 5.58 Å². The second-order valence-electron chi connectivity index (χ2n) is 7.21. The summed E-state index contributed by atoms with van der Waals surface area (Å²) in [6.45, 7) is 4.35. The fourth-order valence-corrected chi connectivity index (χ4v) is 3.45. The Bertz CT molecular complexity index is 1220. The van der Waals surface area contributed by atoms with Gasteiger partial charge >= 0.3 is 0 Å². The van der Waals surface area contributed by atoms with Crippen LogP contribution in [0.2, 0.25) is 10.0 Å². The monoisotopic (exact) mass is 438 g/mol. The van der Waals surface area contributed by atoms with Crippen molar-refractivity contribution in [3.63, 3.8) is 0 Å². The lowest BCUT2D eigenvalue weighted by molar-refractivity contribution is 0.102. The second kappa shape index (κ2) is 8.50. The Balaban J connectivity index is 1.64. The van der Waals surface area contributed by atoms with E-state index in [0.29, 0.717) is 33.1 Å². The van der Waals surface area contributed by atoms with Crippen LogP contribution in [-0.2, 0) is 0 Å². The maximum atomic E-state index is 12.5. The predicted octanol–water partition coefficient (Wildman–Crippen LogP) is 7.57. The molecule has 4 nitrogen and oxygen atoms in total. The van der Waals surface area contributed by atoms with E-state index in [1.807, 2.05) is 12.1 Å². The molecule has 1 heterocycles. The Morgan fingerprint density at radius 3 is 2.57 bits per heavy atom. The van der Waals surface area contributed by atoms with E-state index in [4.69, 9.17) is 27.6 Å². The Morgan fingerprint density at radius 1 is 1.07 bits per heavy atom. The molecule has 4 rings (SSSR count). The summed E-state index contributed by atoms with van der Waals surface area (Å²) >= 11 is 12.2. The average Bonchev–Trinajstić information content (AvgIpc) is 3.18. The third-order valence-corrected chi connectivity index (χ3v) is 5.74. The number of oxazole rings is 1. The molecule has 0 aliphatic carbocycles. The molecule has 0 aliphatic rings. The van der Waals surface area contributed by atoms with Gasteiger partial charge in [0.05, 0.1) is 10.7 Å². The van der Waals surface area contributed by atoms with Crippen molar-refractivity contribution in [3.05, 3.63) is 81.8 Å². The molecular formula is C24H20Cl2N2O2. The molecule has 0 fully saturated rings. The quantitative estimate of drug-likeness (QED) is 0.349. The topological polar surface area (TPSA) is 55.1 Å². The minimum atomic E-state index is -0.276. The van der Waals surface area contributed by atoms with Gasteiger partial charge in [-0.1, -0.05) is 43.1 Å². The number of fused-ring (bicyclic) bond motifs is 1. The fourth-order valence-electron chi connectivity index (χ4n) is 3.16. The maximum Gasteiger partial charge on any atom is 0.255 e. The molecule has 0 saturated heterocycles. The summed E-state index contributed by atoms with van der Waals surface area (Å²) in [7, 11) is 0. The smallest absolute Gasteiger partial charge is 0.255 e. The Morgan fingerprint density at radius 2 is 1.83 bits per heavy atom. The molecule has 4 aromatic rings. The number of carbonyl (C=O) groups excluding carboxylic acids is 1. The first-order chi connectivity index (χ1) is 14.4. The van der Waals surface area contributed by atoms with E-state index in [1.165, 1.54) is 5.56 Å². The normalized spacial score (nSPS) is 12.1. The van der Waals surface area contributed by atoms with Crippen LogP contribution in [0.1, 0.15) is 42.1 Å². The lowest BCUT2D eigenvalue weighted by Crippen LogP contribution is -2.12. The molecule has 6 heteroatoms. The Labute approximate surface area is 184 Å². The van der Waals surface area contributed by atoms with Gasteiger partial charge in [-0.15, -0.1) is 0 Å². The summed E-state index contributed by atoms with van der Waals surface area (Å²) in [4.78, 5) is 17.2. The maximum absolute atomic E-state index is 12.5. The molecule has 0 aliphatic heterocycles. The summed E-state index contributed by atoms with van der Waals surface area (Å²) in [5.41, 5.74) is 4.46. The first-order valence-electron chi connectivity index (χ1n) is 9.72. The largest absolute Gasteiger partial charge is 0.436 e. The first kappa shape index (κ1) is 20.5. The number of carbonyl (C=O) groups is 1. The number of nitrogens with zero attached hydrogens (tertiary/aromatic N) is 1. The second-order valence-corrected chi connectivity index (χ2v) is 8.05. The lowest BCUT2D eigenvalue weighted by atomic mass is 9.98. The van der Waals surface area contributed by atoms with Gasteiger partial charge in [0.2, 0.25) is 5.89 Å². The van der Waals surface area contributed by atoms with Gasteiger partial charge in [0, 0.05) is 16.1 Å². The van der Waals surface area contributed by atoms with Crippen molar-refractivity contribution in [1.82, 2.24) is 4.98 Å². The molecule has 3 aromatic carbocycles. The average molecular weight is 439 g/mol. The van der Waals surface area contributed by atoms with Crippen molar-refractivity contribution < 1.29 is 9.21 Å². The third kappa shape index (κ3) is 4.20. The summed E-state index contributed by atoms with van der Waals surface area (Å²) in [5.74, 6) is 0.659. The van der Waals surface area contributed by atoms with Gasteiger partial charge in [-0.25, -0.2) is 4.98 Å². The van der Waals surface area contributed by atoms with Crippen LogP contribution in [0, 0.1) is 0 Å². The highest BCUT2D eigenvalue weighted by molar-refractivity contribution is 6.34. The number of anilines is 1. The van der Waals surface area contributed by atoms with Crippen molar-refractivity contribution in [2.24, 2.45) is 0 Å². The molecular weight excluding hydrogens is 419 g/mol. The van der Waals surface area contributed by atoms with Crippen LogP contribution in [0.4, 0.5) is 5.69 Å². The standard InChI is InChI=1S/C24H20Cl2N2O2/c1-3-14(2)16-7-11-22-21(12-16)28-24(30-22)17-6-10-19(26)20(13-17)27-23(29)15-4-8-18(25)9-5-15/h4-14H,3H2,1-2H3,(H,27,29)/t14-/m0/s1. The van der Waals surface area contributed by atoms with Crippen molar-refractivity contribution in [2.75, 3.05) is 5.32 Å². The number of benzene rings is 3. The van der Waals surface area contributed by atoms with Crippen molar-refractivity contribution >= 4 is 45.9 Å².